The first kappa shape index (κ1) is 12.8. The number of amides is 2. The third-order valence-electron chi connectivity index (χ3n) is 1.82. The average Bonchev–Trinajstić information content (AvgIpc) is 2.35. The predicted octanol–water partition coefficient (Wildman–Crippen LogP) is 2.74. The van der Waals surface area contributed by atoms with Gasteiger partial charge in [0.1, 0.15) is 6.61 Å². The van der Waals surface area contributed by atoms with Gasteiger partial charge >= 0.3 is 12.2 Å². The molecule has 16 heavy (non-hydrogen) atoms. The highest BCUT2D eigenvalue weighted by atomic mass is 127. The molecule has 0 aliphatic heterocycles. The van der Waals surface area contributed by atoms with E-state index in [-0.39, 0.29) is 6.61 Å². The van der Waals surface area contributed by atoms with Gasteiger partial charge in [0.2, 0.25) is 0 Å². The SMILES string of the molecule is CN(C(=O)OI)C(=O)OCc1ccccc1. The van der Waals surface area contributed by atoms with Crippen LogP contribution in [0.2, 0.25) is 0 Å². The van der Waals surface area contributed by atoms with E-state index in [1.54, 1.807) is 0 Å². The third kappa shape index (κ3) is 3.69. The van der Waals surface area contributed by atoms with Crippen LogP contribution in [0.4, 0.5) is 9.59 Å². The number of carbonyl (C=O) groups excluding carboxylic acids is 2. The van der Waals surface area contributed by atoms with Crippen molar-refractivity contribution in [1.29, 1.82) is 0 Å². The first-order valence-electron chi connectivity index (χ1n) is 4.42. The summed E-state index contributed by atoms with van der Waals surface area (Å²) >= 11 is 1.40. The minimum absolute atomic E-state index is 0.124. The van der Waals surface area contributed by atoms with Gasteiger partial charge in [-0.05, 0) is 5.56 Å². The van der Waals surface area contributed by atoms with E-state index in [1.807, 2.05) is 30.3 Å². The highest BCUT2D eigenvalue weighted by molar-refractivity contribution is 14.1. The molecule has 0 bridgehead atoms. The quantitative estimate of drug-likeness (QED) is 0.780. The molecule has 0 N–H and O–H groups in total. The van der Waals surface area contributed by atoms with Crippen LogP contribution in [-0.4, -0.2) is 24.1 Å². The standard InChI is InChI=1S/C10H10INO4/c1-12(10(14)16-11)9(13)15-7-8-5-3-2-4-6-8/h2-6H,7H2,1H3. The summed E-state index contributed by atoms with van der Waals surface area (Å²) in [5, 5.41) is 0. The van der Waals surface area contributed by atoms with E-state index in [4.69, 9.17) is 4.74 Å². The van der Waals surface area contributed by atoms with E-state index in [9.17, 15) is 9.59 Å². The molecule has 6 heteroatoms. The zero-order chi connectivity index (χ0) is 12.0. The van der Waals surface area contributed by atoms with Gasteiger partial charge in [0.25, 0.3) is 0 Å². The van der Waals surface area contributed by atoms with Crippen molar-refractivity contribution in [3.63, 3.8) is 0 Å². The molecule has 0 atom stereocenters. The molecule has 0 saturated carbocycles. The molecule has 0 aromatic heterocycles. The fourth-order valence-corrected chi connectivity index (χ4v) is 1.24. The summed E-state index contributed by atoms with van der Waals surface area (Å²) in [5.74, 6) is 0. The van der Waals surface area contributed by atoms with E-state index in [0.29, 0.717) is 0 Å². The van der Waals surface area contributed by atoms with Crippen LogP contribution in [0.5, 0.6) is 0 Å². The maximum atomic E-state index is 11.3. The van der Waals surface area contributed by atoms with E-state index >= 15 is 0 Å². The summed E-state index contributed by atoms with van der Waals surface area (Å²) in [6.07, 6.45) is -1.51. The van der Waals surface area contributed by atoms with Crippen LogP contribution in [0, 0.1) is 0 Å². The maximum absolute atomic E-state index is 11.3. The van der Waals surface area contributed by atoms with E-state index in [1.165, 1.54) is 30.1 Å². The molecule has 1 rings (SSSR count). The molecule has 0 radical (unpaired) electrons. The van der Waals surface area contributed by atoms with Gasteiger partial charge in [-0.1, -0.05) is 30.3 Å². The monoisotopic (exact) mass is 335 g/mol. The Kier molecular flexibility index (Phi) is 5.03. The molecule has 2 amide bonds. The lowest BCUT2D eigenvalue weighted by Gasteiger charge is -2.12. The Morgan fingerprint density at radius 3 is 2.44 bits per heavy atom. The van der Waals surface area contributed by atoms with E-state index < -0.39 is 12.2 Å². The summed E-state index contributed by atoms with van der Waals surface area (Å²) < 4.78 is 9.24. The highest BCUT2D eigenvalue weighted by Crippen LogP contribution is 2.04. The lowest BCUT2D eigenvalue weighted by Crippen LogP contribution is -2.32. The Balaban J connectivity index is 2.44. The lowest BCUT2D eigenvalue weighted by molar-refractivity contribution is 0.104. The van der Waals surface area contributed by atoms with Gasteiger partial charge in [0, 0.05) is 7.05 Å². The Morgan fingerprint density at radius 1 is 1.25 bits per heavy atom. The average molecular weight is 335 g/mol. The smallest absolute Gasteiger partial charge is 0.428 e. The van der Waals surface area contributed by atoms with E-state index in [2.05, 4.69) is 3.07 Å². The fraction of sp³-hybridized carbons (Fsp3) is 0.200. The Morgan fingerprint density at radius 2 is 1.88 bits per heavy atom. The number of rotatable bonds is 2. The van der Waals surface area contributed by atoms with Gasteiger partial charge in [-0.3, -0.25) is 0 Å². The number of carbonyl (C=O) groups is 2. The molecule has 0 spiro atoms. The van der Waals surface area contributed by atoms with Crippen LogP contribution in [0.15, 0.2) is 30.3 Å². The minimum Gasteiger partial charge on any atom is -0.444 e. The number of hydrogen-bond acceptors (Lipinski definition) is 4. The van der Waals surface area contributed by atoms with Crippen molar-refractivity contribution in [3.05, 3.63) is 35.9 Å². The fourth-order valence-electron chi connectivity index (χ4n) is 0.942. The molecule has 5 nitrogen and oxygen atoms in total. The summed E-state index contributed by atoms with van der Waals surface area (Å²) in [5.41, 5.74) is 0.854. The van der Waals surface area contributed by atoms with Crippen LogP contribution >= 0.6 is 23.0 Å². The lowest BCUT2D eigenvalue weighted by atomic mass is 10.2. The molecule has 0 saturated heterocycles. The predicted molar refractivity (Wildman–Crippen MR) is 64.9 cm³/mol. The molecule has 86 valence electrons. The molecule has 0 aliphatic carbocycles. The zero-order valence-corrected chi connectivity index (χ0v) is 10.7. The van der Waals surface area contributed by atoms with E-state index in [0.717, 1.165) is 10.5 Å². The van der Waals surface area contributed by atoms with Crippen LogP contribution in [0.1, 0.15) is 5.56 Å². The largest absolute Gasteiger partial charge is 0.444 e. The van der Waals surface area contributed by atoms with Gasteiger partial charge in [0.15, 0.2) is 23.0 Å². The minimum atomic E-state index is -0.765. The molecule has 0 unspecified atom stereocenters. The normalized spacial score (nSPS) is 9.38. The van der Waals surface area contributed by atoms with Crippen LogP contribution in [-0.2, 0) is 14.4 Å². The first-order valence-corrected chi connectivity index (χ1v) is 5.30. The summed E-state index contributed by atoms with van der Waals surface area (Å²) in [7, 11) is 1.29. The Bertz CT molecular complexity index is 368. The molecule has 0 fully saturated rings. The van der Waals surface area contributed by atoms with Crippen molar-refractivity contribution in [1.82, 2.24) is 4.90 Å². The van der Waals surface area contributed by atoms with Crippen molar-refractivity contribution >= 4 is 35.2 Å². The van der Waals surface area contributed by atoms with Crippen molar-refractivity contribution in [3.8, 4) is 0 Å². The van der Waals surface area contributed by atoms with Gasteiger partial charge in [-0.2, -0.15) is 0 Å². The second kappa shape index (κ2) is 6.31. The molecular formula is C10H10INO4. The number of ether oxygens (including phenoxy) is 1. The topological polar surface area (TPSA) is 55.8 Å². The van der Waals surface area contributed by atoms with Crippen molar-refractivity contribution in [2.45, 2.75) is 6.61 Å². The van der Waals surface area contributed by atoms with Crippen molar-refractivity contribution in [2.24, 2.45) is 0 Å². The van der Waals surface area contributed by atoms with Crippen LogP contribution < -0.4 is 0 Å². The highest BCUT2D eigenvalue weighted by Gasteiger charge is 2.18. The van der Waals surface area contributed by atoms with Crippen LogP contribution in [0.25, 0.3) is 0 Å². The van der Waals surface area contributed by atoms with Gasteiger partial charge < -0.3 is 7.80 Å². The van der Waals surface area contributed by atoms with Crippen molar-refractivity contribution in [2.75, 3.05) is 7.05 Å². The van der Waals surface area contributed by atoms with Gasteiger partial charge in [-0.15, -0.1) is 0 Å². The summed E-state index contributed by atoms with van der Waals surface area (Å²) in [4.78, 5) is 23.0. The third-order valence-corrected chi connectivity index (χ3v) is 2.20. The van der Waals surface area contributed by atoms with Crippen molar-refractivity contribution < 1.29 is 17.4 Å². The first-order chi connectivity index (χ1) is 7.65. The number of halogens is 1. The molecule has 0 aliphatic rings. The van der Waals surface area contributed by atoms with Crippen LogP contribution in [0.3, 0.4) is 0 Å². The summed E-state index contributed by atoms with van der Waals surface area (Å²) in [6, 6.07) is 9.19. The molecular weight excluding hydrogens is 325 g/mol. The second-order valence-electron chi connectivity index (χ2n) is 2.94. The molecule has 1 aromatic rings. The number of imide groups is 1. The zero-order valence-electron chi connectivity index (χ0n) is 8.55. The number of hydrogen-bond donors (Lipinski definition) is 0. The maximum Gasteiger partial charge on any atom is 0.428 e. The second-order valence-corrected chi connectivity index (χ2v) is 3.38. The van der Waals surface area contributed by atoms with Gasteiger partial charge in [-0.25, -0.2) is 14.5 Å². The molecule has 1 aromatic carbocycles. The molecule has 0 heterocycles. The summed E-state index contributed by atoms with van der Waals surface area (Å²) in [6.45, 7) is 0.124. The van der Waals surface area contributed by atoms with Gasteiger partial charge in [0.05, 0.1) is 0 Å². The Labute approximate surface area is 107 Å². The Hall–Kier alpha value is -1.31. The number of benzene rings is 1. The number of nitrogens with zero attached hydrogens (tertiary/aromatic N) is 1.